The van der Waals surface area contributed by atoms with Crippen LogP contribution in [0.3, 0.4) is 0 Å². The highest BCUT2D eigenvalue weighted by atomic mass is 16.5. The normalized spacial score (nSPS) is 20.6. The van der Waals surface area contributed by atoms with E-state index in [1.165, 1.54) is 0 Å². The lowest BCUT2D eigenvalue weighted by molar-refractivity contribution is -0.100. The largest absolute Gasteiger partial charge is 0.390 e. The van der Waals surface area contributed by atoms with E-state index in [1.54, 1.807) is 13.3 Å². The van der Waals surface area contributed by atoms with Gasteiger partial charge in [-0.1, -0.05) is 12.8 Å². The van der Waals surface area contributed by atoms with Crippen molar-refractivity contribution in [3.8, 4) is 0 Å². The topological polar surface area (TPSA) is 47.3 Å². The summed E-state index contributed by atoms with van der Waals surface area (Å²) in [7, 11) is 3.70. The van der Waals surface area contributed by atoms with E-state index in [2.05, 4.69) is 4.98 Å². The number of aromatic nitrogens is 2. The minimum atomic E-state index is -0.383. The van der Waals surface area contributed by atoms with Crippen LogP contribution < -0.4 is 0 Å². The minimum Gasteiger partial charge on any atom is -0.390 e. The highest BCUT2D eigenvalue weighted by Crippen LogP contribution is 2.37. The van der Waals surface area contributed by atoms with Crippen LogP contribution in [0.4, 0.5) is 0 Å². The number of hydrogen-bond donors (Lipinski definition) is 1. The third-order valence-electron chi connectivity index (χ3n) is 4.03. The van der Waals surface area contributed by atoms with E-state index in [9.17, 15) is 5.11 Å². The molecule has 0 radical (unpaired) electrons. The van der Waals surface area contributed by atoms with Gasteiger partial charge in [-0.3, -0.25) is 0 Å². The summed E-state index contributed by atoms with van der Waals surface area (Å²) >= 11 is 0. The van der Waals surface area contributed by atoms with Gasteiger partial charge in [0.1, 0.15) is 5.82 Å². The van der Waals surface area contributed by atoms with E-state index in [-0.39, 0.29) is 11.7 Å². The van der Waals surface area contributed by atoms with Gasteiger partial charge in [0.25, 0.3) is 0 Å². The van der Waals surface area contributed by atoms with Gasteiger partial charge in [0, 0.05) is 33.0 Å². The van der Waals surface area contributed by atoms with Crippen LogP contribution in [0.15, 0.2) is 12.4 Å². The third-order valence-corrected chi connectivity index (χ3v) is 4.03. The zero-order valence-corrected chi connectivity index (χ0v) is 10.7. The molecule has 1 aromatic rings. The van der Waals surface area contributed by atoms with E-state index in [4.69, 9.17) is 4.74 Å². The van der Waals surface area contributed by atoms with Gasteiger partial charge in [-0.05, 0) is 19.3 Å². The molecule has 0 aromatic carbocycles. The van der Waals surface area contributed by atoms with E-state index in [0.717, 1.165) is 44.3 Å². The van der Waals surface area contributed by atoms with E-state index in [1.807, 2.05) is 17.8 Å². The molecule has 4 heteroatoms. The number of methoxy groups -OCH3 is 1. The molecule has 1 unspecified atom stereocenters. The van der Waals surface area contributed by atoms with Crippen LogP contribution >= 0.6 is 0 Å². The van der Waals surface area contributed by atoms with Crippen LogP contribution in [0, 0.1) is 0 Å². The van der Waals surface area contributed by atoms with Gasteiger partial charge >= 0.3 is 0 Å². The Labute approximate surface area is 103 Å². The third kappa shape index (κ3) is 2.53. The summed E-state index contributed by atoms with van der Waals surface area (Å²) in [5.41, 5.74) is -0.300. The molecular weight excluding hydrogens is 216 g/mol. The molecule has 1 atom stereocenters. The molecule has 2 rings (SSSR count). The first kappa shape index (κ1) is 12.6. The molecular formula is C13H22N2O2. The van der Waals surface area contributed by atoms with Crippen molar-refractivity contribution >= 4 is 0 Å². The Morgan fingerprint density at radius 1 is 1.53 bits per heavy atom. The molecule has 1 N–H and O–H groups in total. The Bertz CT molecular complexity index is 356. The molecule has 96 valence electrons. The number of rotatable bonds is 5. The van der Waals surface area contributed by atoms with E-state index in [0.29, 0.717) is 0 Å². The zero-order valence-electron chi connectivity index (χ0n) is 10.7. The fourth-order valence-electron chi connectivity index (χ4n) is 2.81. The average Bonchev–Trinajstić information content (AvgIpc) is 2.95. The maximum atomic E-state index is 10.3. The highest BCUT2D eigenvalue weighted by molar-refractivity contribution is 4.96. The Balaban J connectivity index is 1.92. The highest BCUT2D eigenvalue weighted by Gasteiger charge is 2.40. The molecule has 1 aliphatic rings. The van der Waals surface area contributed by atoms with Crippen LogP contribution in [0.2, 0.25) is 0 Å². The second-order valence-electron chi connectivity index (χ2n) is 4.98. The number of aryl methyl sites for hydroxylation is 2. The first-order chi connectivity index (χ1) is 8.18. The Morgan fingerprint density at radius 2 is 2.24 bits per heavy atom. The van der Waals surface area contributed by atoms with Crippen LogP contribution in [0.1, 0.15) is 37.9 Å². The van der Waals surface area contributed by atoms with Gasteiger partial charge in [0.2, 0.25) is 0 Å². The predicted molar refractivity (Wildman–Crippen MR) is 65.7 cm³/mol. The molecule has 0 aliphatic heterocycles. The summed E-state index contributed by atoms with van der Waals surface area (Å²) in [5, 5.41) is 10.3. The first-order valence-electron chi connectivity index (χ1n) is 6.37. The Hall–Kier alpha value is -0.870. The number of aliphatic hydroxyl groups excluding tert-OH is 1. The van der Waals surface area contributed by atoms with Crippen molar-refractivity contribution in [2.45, 2.75) is 50.2 Å². The lowest BCUT2D eigenvalue weighted by Crippen LogP contribution is -2.41. The van der Waals surface area contributed by atoms with Crippen molar-refractivity contribution in [1.82, 2.24) is 9.55 Å². The van der Waals surface area contributed by atoms with Crippen molar-refractivity contribution in [1.29, 1.82) is 0 Å². The molecule has 17 heavy (non-hydrogen) atoms. The molecule has 0 saturated heterocycles. The molecule has 0 spiro atoms. The smallest absolute Gasteiger partial charge is 0.108 e. The van der Waals surface area contributed by atoms with E-state index < -0.39 is 0 Å². The van der Waals surface area contributed by atoms with Gasteiger partial charge in [0.15, 0.2) is 0 Å². The number of aliphatic hydroxyl groups is 1. The number of ether oxygens (including phenoxy) is 1. The SMILES string of the molecule is COC1(C(O)CCc2nccn2C)CCCC1. The van der Waals surface area contributed by atoms with Crippen LogP contribution in [0.5, 0.6) is 0 Å². The lowest BCUT2D eigenvalue weighted by atomic mass is 9.91. The summed E-state index contributed by atoms with van der Waals surface area (Å²) in [6.45, 7) is 0. The van der Waals surface area contributed by atoms with Gasteiger partial charge in [-0.2, -0.15) is 0 Å². The van der Waals surface area contributed by atoms with Crippen LogP contribution in [0.25, 0.3) is 0 Å². The molecule has 0 amide bonds. The maximum absolute atomic E-state index is 10.3. The monoisotopic (exact) mass is 238 g/mol. The molecule has 1 saturated carbocycles. The maximum Gasteiger partial charge on any atom is 0.108 e. The lowest BCUT2D eigenvalue weighted by Gasteiger charge is -2.32. The van der Waals surface area contributed by atoms with Crippen molar-refractivity contribution in [2.24, 2.45) is 7.05 Å². The zero-order chi connectivity index (χ0) is 12.3. The Kier molecular flexibility index (Phi) is 3.84. The van der Waals surface area contributed by atoms with Gasteiger partial charge in [0.05, 0.1) is 11.7 Å². The second-order valence-corrected chi connectivity index (χ2v) is 4.98. The first-order valence-corrected chi connectivity index (χ1v) is 6.37. The van der Waals surface area contributed by atoms with Crippen molar-refractivity contribution in [3.63, 3.8) is 0 Å². The molecule has 1 aromatic heterocycles. The summed E-state index contributed by atoms with van der Waals surface area (Å²) in [6.07, 6.45) is 9.14. The molecule has 4 nitrogen and oxygen atoms in total. The van der Waals surface area contributed by atoms with Gasteiger partial charge in [-0.15, -0.1) is 0 Å². The average molecular weight is 238 g/mol. The van der Waals surface area contributed by atoms with Gasteiger partial charge < -0.3 is 14.4 Å². The molecule has 1 aliphatic carbocycles. The Morgan fingerprint density at radius 3 is 2.76 bits per heavy atom. The summed E-state index contributed by atoms with van der Waals surface area (Å²) < 4.78 is 7.58. The minimum absolute atomic E-state index is 0.300. The molecule has 1 heterocycles. The summed E-state index contributed by atoms with van der Waals surface area (Å²) in [4.78, 5) is 4.27. The van der Waals surface area contributed by atoms with Crippen molar-refractivity contribution in [2.75, 3.05) is 7.11 Å². The fourth-order valence-corrected chi connectivity index (χ4v) is 2.81. The number of imidazole rings is 1. The summed E-state index contributed by atoms with van der Waals surface area (Å²) in [6, 6.07) is 0. The number of nitrogens with zero attached hydrogens (tertiary/aromatic N) is 2. The number of hydrogen-bond acceptors (Lipinski definition) is 3. The standard InChI is InChI=1S/C13H22N2O2/c1-15-10-9-14-12(15)6-5-11(16)13(17-2)7-3-4-8-13/h9-11,16H,3-8H2,1-2H3. The quantitative estimate of drug-likeness (QED) is 0.849. The van der Waals surface area contributed by atoms with Crippen molar-refractivity contribution in [3.05, 3.63) is 18.2 Å². The summed E-state index contributed by atoms with van der Waals surface area (Å²) in [5.74, 6) is 1.02. The predicted octanol–water partition coefficient (Wildman–Crippen LogP) is 1.67. The molecule has 0 bridgehead atoms. The van der Waals surface area contributed by atoms with Gasteiger partial charge in [-0.25, -0.2) is 4.98 Å². The molecule has 1 fully saturated rings. The fraction of sp³-hybridized carbons (Fsp3) is 0.769. The van der Waals surface area contributed by atoms with E-state index >= 15 is 0 Å². The van der Waals surface area contributed by atoms with Crippen molar-refractivity contribution < 1.29 is 9.84 Å². The van der Waals surface area contributed by atoms with Crippen LogP contribution in [-0.4, -0.2) is 33.5 Å². The van der Waals surface area contributed by atoms with Crippen LogP contribution in [-0.2, 0) is 18.2 Å². The second kappa shape index (κ2) is 5.19.